The number of hydrogen-bond acceptors (Lipinski definition) is 6. The molecule has 26 heavy (non-hydrogen) atoms. The number of hydrogen-bond donors (Lipinski definition) is 2. The van der Waals surface area contributed by atoms with Crippen LogP contribution >= 0.6 is 11.8 Å². The van der Waals surface area contributed by atoms with Crippen LogP contribution in [0, 0.1) is 0 Å². The Labute approximate surface area is 155 Å². The van der Waals surface area contributed by atoms with Crippen molar-refractivity contribution >= 4 is 23.4 Å². The molecule has 1 saturated heterocycles. The number of rotatable bonds is 7. The topological polar surface area (TPSA) is 98.2 Å². The molecule has 2 N–H and O–H groups in total. The lowest BCUT2D eigenvalue weighted by Crippen LogP contribution is -2.26. The first kappa shape index (κ1) is 18.5. The van der Waals surface area contributed by atoms with Gasteiger partial charge in [-0.05, 0) is 44.0 Å². The van der Waals surface area contributed by atoms with Gasteiger partial charge in [0.1, 0.15) is 5.75 Å². The fourth-order valence-electron chi connectivity index (χ4n) is 2.68. The first-order valence-electron chi connectivity index (χ1n) is 8.45. The number of nitrogens with zero attached hydrogens (tertiary/aromatic N) is 2. The summed E-state index contributed by atoms with van der Waals surface area (Å²) in [6, 6.07) is 7.10. The van der Waals surface area contributed by atoms with Crippen LogP contribution in [0.25, 0.3) is 0 Å². The smallest absolute Gasteiger partial charge is 0.344 e. The van der Waals surface area contributed by atoms with E-state index in [1.165, 1.54) is 16.3 Å². The molecule has 1 aromatic heterocycles. The Morgan fingerprint density at radius 3 is 2.92 bits per heavy atom. The van der Waals surface area contributed by atoms with Gasteiger partial charge in [-0.3, -0.25) is 9.36 Å². The number of H-pyrrole nitrogens is 1. The van der Waals surface area contributed by atoms with Gasteiger partial charge >= 0.3 is 5.69 Å². The second-order valence-electron chi connectivity index (χ2n) is 6.03. The highest BCUT2D eigenvalue weighted by atomic mass is 32.2. The van der Waals surface area contributed by atoms with Crippen molar-refractivity contribution in [2.45, 2.75) is 42.8 Å². The third kappa shape index (κ3) is 4.47. The third-order valence-electron chi connectivity index (χ3n) is 4.14. The van der Waals surface area contributed by atoms with Crippen molar-refractivity contribution in [2.24, 2.45) is 0 Å². The van der Waals surface area contributed by atoms with E-state index in [1.807, 2.05) is 0 Å². The van der Waals surface area contributed by atoms with Crippen LogP contribution < -0.4 is 15.7 Å². The van der Waals surface area contributed by atoms with Crippen molar-refractivity contribution < 1.29 is 14.3 Å². The number of anilines is 1. The average molecular weight is 378 g/mol. The summed E-state index contributed by atoms with van der Waals surface area (Å²) < 4.78 is 12.2. The fraction of sp³-hybridized carbons (Fsp3) is 0.471. The zero-order chi connectivity index (χ0) is 18.5. The number of methoxy groups -OCH3 is 1. The highest BCUT2D eigenvalue weighted by molar-refractivity contribution is 8.00. The molecule has 0 radical (unpaired) electrons. The average Bonchev–Trinajstić information content (AvgIpc) is 3.28. The van der Waals surface area contributed by atoms with Crippen LogP contribution in [0.1, 0.15) is 19.8 Å². The Bertz CT molecular complexity index is 796. The van der Waals surface area contributed by atoms with Crippen LogP contribution in [0.5, 0.6) is 5.75 Å². The molecule has 0 bridgehead atoms. The van der Waals surface area contributed by atoms with E-state index < -0.39 is 5.25 Å². The van der Waals surface area contributed by atoms with Crippen molar-refractivity contribution in [3.8, 4) is 5.75 Å². The zero-order valence-electron chi connectivity index (χ0n) is 14.7. The summed E-state index contributed by atoms with van der Waals surface area (Å²) in [6.07, 6.45) is 1.95. The largest absolute Gasteiger partial charge is 0.497 e. The van der Waals surface area contributed by atoms with Crippen LogP contribution in [0.3, 0.4) is 0 Å². The van der Waals surface area contributed by atoms with E-state index in [4.69, 9.17) is 9.47 Å². The summed E-state index contributed by atoms with van der Waals surface area (Å²) >= 11 is 1.24. The lowest BCUT2D eigenvalue weighted by atomic mass is 10.2. The van der Waals surface area contributed by atoms with Crippen molar-refractivity contribution in [2.75, 3.05) is 19.0 Å². The SMILES string of the molecule is COc1ccc(NC(=O)[C@@H](C)Sc2n[nH]c(=O)n2C[C@H]2CCCO2)cc1. The van der Waals surface area contributed by atoms with Gasteiger partial charge in [-0.1, -0.05) is 11.8 Å². The maximum absolute atomic E-state index is 12.4. The lowest BCUT2D eigenvalue weighted by molar-refractivity contribution is -0.115. The Kier molecular flexibility index (Phi) is 6.00. The number of aromatic amines is 1. The molecule has 0 spiro atoms. The summed E-state index contributed by atoms with van der Waals surface area (Å²) in [5.74, 6) is 0.555. The summed E-state index contributed by atoms with van der Waals surface area (Å²) in [7, 11) is 1.59. The highest BCUT2D eigenvalue weighted by Gasteiger charge is 2.23. The van der Waals surface area contributed by atoms with Gasteiger partial charge in [0.25, 0.3) is 0 Å². The molecule has 2 heterocycles. The van der Waals surface area contributed by atoms with Crippen molar-refractivity contribution in [1.82, 2.24) is 14.8 Å². The van der Waals surface area contributed by atoms with E-state index in [0.29, 0.717) is 17.4 Å². The second-order valence-corrected chi connectivity index (χ2v) is 7.34. The molecule has 3 rings (SSSR count). The highest BCUT2D eigenvalue weighted by Crippen LogP contribution is 2.23. The number of ether oxygens (including phenoxy) is 2. The van der Waals surface area contributed by atoms with Gasteiger partial charge < -0.3 is 14.8 Å². The molecule has 2 aromatic rings. The van der Waals surface area contributed by atoms with Gasteiger partial charge in [0.05, 0.1) is 25.0 Å². The number of amides is 1. The van der Waals surface area contributed by atoms with Crippen LogP contribution in [-0.2, 0) is 16.1 Å². The Morgan fingerprint density at radius 1 is 1.50 bits per heavy atom. The van der Waals surface area contributed by atoms with E-state index >= 15 is 0 Å². The predicted octanol–water partition coefficient (Wildman–Crippen LogP) is 1.88. The van der Waals surface area contributed by atoms with E-state index in [9.17, 15) is 9.59 Å². The first-order valence-corrected chi connectivity index (χ1v) is 9.33. The van der Waals surface area contributed by atoms with Gasteiger partial charge in [-0.25, -0.2) is 9.89 Å². The molecule has 1 fully saturated rings. The standard InChI is InChI=1S/C17H22N4O4S/c1-11(15(22)18-12-5-7-13(24-2)8-6-12)26-17-20-19-16(23)21(17)10-14-4-3-9-25-14/h5-8,11,14H,3-4,9-10H2,1-2H3,(H,18,22)(H,19,23)/t11-,14-/m1/s1. The minimum absolute atomic E-state index is 0.0214. The summed E-state index contributed by atoms with van der Waals surface area (Å²) in [5, 5.41) is 9.41. The molecule has 140 valence electrons. The summed E-state index contributed by atoms with van der Waals surface area (Å²) in [4.78, 5) is 24.4. The Hall–Kier alpha value is -2.26. The third-order valence-corrected chi connectivity index (χ3v) is 5.23. The minimum Gasteiger partial charge on any atom is -0.497 e. The zero-order valence-corrected chi connectivity index (χ0v) is 15.5. The molecule has 2 atom stereocenters. The van der Waals surface area contributed by atoms with Crippen molar-refractivity contribution in [3.05, 3.63) is 34.7 Å². The van der Waals surface area contributed by atoms with Crippen LogP contribution in [-0.4, -0.2) is 45.7 Å². The van der Waals surface area contributed by atoms with Gasteiger partial charge in [0.2, 0.25) is 5.91 Å². The lowest BCUT2D eigenvalue weighted by Gasteiger charge is -2.14. The van der Waals surface area contributed by atoms with Crippen molar-refractivity contribution in [3.63, 3.8) is 0 Å². The number of carbonyl (C=O) groups excluding carboxylic acids is 1. The van der Waals surface area contributed by atoms with Crippen LogP contribution in [0.4, 0.5) is 5.69 Å². The number of carbonyl (C=O) groups is 1. The molecule has 1 amide bonds. The van der Waals surface area contributed by atoms with E-state index in [0.717, 1.165) is 25.2 Å². The molecule has 0 saturated carbocycles. The summed E-state index contributed by atoms with van der Waals surface area (Å²) in [6.45, 7) is 2.95. The molecule has 9 heteroatoms. The molecule has 8 nitrogen and oxygen atoms in total. The number of nitrogens with one attached hydrogen (secondary N) is 2. The quantitative estimate of drug-likeness (QED) is 0.714. The molecule has 0 unspecified atom stereocenters. The predicted molar refractivity (Wildman–Crippen MR) is 98.8 cm³/mol. The monoisotopic (exact) mass is 378 g/mol. The van der Waals surface area contributed by atoms with Crippen molar-refractivity contribution in [1.29, 1.82) is 0 Å². The van der Waals surface area contributed by atoms with Gasteiger partial charge in [0, 0.05) is 12.3 Å². The number of thioether (sulfide) groups is 1. The Balaban J connectivity index is 1.62. The molecule has 1 aliphatic heterocycles. The molecule has 1 aromatic carbocycles. The fourth-order valence-corrected chi connectivity index (χ4v) is 3.54. The van der Waals surface area contributed by atoms with Crippen LogP contribution in [0.15, 0.2) is 34.2 Å². The van der Waals surface area contributed by atoms with Gasteiger partial charge in [-0.2, -0.15) is 0 Å². The minimum atomic E-state index is -0.421. The first-order chi connectivity index (χ1) is 12.6. The molecule has 0 aliphatic carbocycles. The second kappa shape index (κ2) is 8.41. The van der Waals surface area contributed by atoms with Crippen LogP contribution in [0.2, 0.25) is 0 Å². The molecular formula is C17H22N4O4S. The van der Waals surface area contributed by atoms with Gasteiger partial charge in [0.15, 0.2) is 5.16 Å². The normalized spacial score (nSPS) is 17.8. The van der Waals surface area contributed by atoms with E-state index in [1.54, 1.807) is 38.3 Å². The molecule has 1 aliphatic rings. The molecular weight excluding hydrogens is 356 g/mol. The number of aromatic nitrogens is 3. The van der Waals surface area contributed by atoms with Gasteiger partial charge in [-0.15, -0.1) is 5.10 Å². The number of benzene rings is 1. The summed E-state index contributed by atoms with van der Waals surface area (Å²) in [5.41, 5.74) is 0.396. The maximum Gasteiger partial charge on any atom is 0.344 e. The van der Waals surface area contributed by atoms with E-state index in [-0.39, 0.29) is 17.7 Å². The van der Waals surface area contributed by atoms with E-state index in [2.05, 4.69) is 15.5 Å². The maximum atomic E-state index is 12.4. The Morgan fingerprint density at radius 2 is 2.27 bits per heavy atom.